The summed E-state index contributed by atoms with van der Waals surface area (Å²) in [4.78, 5) is 12.0. The van der Waals surface area contributed by atoms with E-state index in [0.717, 1.165) is 32.1 Å². The fourth-order valence-corrected chi connectivity index (χ4v) is 2.85. The normalized spacial score (nSPS) is 24.9. The third-order valence-corrected chi connectivity index (χ3v) is 3.85. The number of rotatable bonds is 6. The van der Waals surface area contributed by atoms with Gasteiger partial charge < -0.3 is 15.2 Å². The van der Waals surface area contributed by atoms with E-state index in [1.165, 1.54) is 0 Å². The lowest BCUT2D eigenvalue weighted by Gasteiger charge is -2.30. The molecule has 21 heavy (non-hydrogen) atoms. The molecule has 1 aliphatic carbocycles. The molecule has 4 heteroatoms. The summed E-state index contributed by atoms with van der Waals surface area (Å²) in [6, 6.07) is 0.422. The fourth-order valence-electron chi connectivity index (χ4n) is 2.85. The topological polar surface area (TPSA) is 58.6 Å². The first-order valence-corrected chi connectivity index (χ1v) is 8.31. The van der Waals surface area contributed by atoms with Crippen LogP contribution in [0.5, 0.6) is 0 Å². The zero-order valence-corrected chi connectivity index (χ0v) is 14.3. The highest BCUT2D eigenvalue weighted by molar-refractivity contribution is 5.73. The molecule has 2 N–H and O–H groups in total. The van der Waals surface area contributed by atoms with Gasteiger partial charge in [-0.3, -0.25) is 4.79 Å². The van der Waals surface area contributed by atoms with E-state index in [1.54, 1.807) is 0 Å². The molecule has 0 amide bonds. The number of aliphatic hydroxyl groups excluding tert-OH is 1. The molecular weight excluding hydrogens is 266 g/mol. The third kappa shape index (κ3) is 7.82. The van der Waals surface area contributed by atoms with Crippen molar-refractivity contribution in [2.45, 2.75) is 84.5 Å². The summed E-state index contributed by atoms with van der Waals surface area (Å²) in [5, 5.41) is 13.3. The van der Waals surface area contributed by atoms with Crippen molar-refractivity contribution in [2.24, 2.45) is 11.8 Å². The van der Waals surface area contributed by atoms with Gasteiger partial charge in [-0.25, -0.2) is 0 Å². The molecule has 1 atom stereocenters. The number of hydrogen-bond donors (Lipinski definition) is 2. The first kappa shape index (κ1) is 18.4. The van der Waals surface area contributed by atoms with E-state index in [0.29, 0.717) is 18.5 Å². The van der Waals surface area contributed by atoms with Crippen LogP contribution in [0.2, 0.25) is 0 Å². The second-order valence-corrected chi connectivity index (χ2v) is 7.77. The van der Waals surface area contributed by atoms with Gasteiger partial charge in [0, 0.05) is 12.6 Å². The summed E-state index contributed by atoms with van der Waals surface area (Å²) < 4.78 is 5.46. The summed E-state index contributed by atoms with van der Waals surface area (Å²) >= 11 is 0. The molecule has 1 aliphatic rings. The van der Waals surface area contributed by atoms with E-state index in [4.69, 9.17) is 4.74 Å². The Hall–Kier alpha value is -0.610. The van der Waals surface area contributed by atoms with Crippen LogP contribution in [0.1, 0.15) is 66.7 Å². The van der Waals surface area contributed by atoms with Crippen molar-refractivity contribution in [2.75, 3.05) is 6.54 Å². The van der Waals surface area contributed by atoms with Crippen LogP contribution in [0.15, 0.2) is 0 Å². The quantitative estimate of drug-likeness (QED) is 0.740. The van der Waals surface area contributed by atoms with Gasteiger partial charge in [-0.15, -0.1) is 0 Å². The number of carbonyl (C=O) groups excluding carboxylic acids is 1. The number of carbonyl (C=O) groups is 1. The molecule has 0 radical (unpaired) electrons. The number of nitrogens with one attached hydrogen (secondary N) is 1. The lowest BCUT2D eigenvalue weighted by Crippen LogP contribution is -2.40. The van der Waals surface area contributed by atoms with Crippen LogP contribution in [0.25, 0.3) is 0 Å². The Labute approximate surface area is 129 Å². The lowest BCUT2D eigenvalue weighted by molar-refractivity contribution is -0.161. The molecule has 0 aromatic rings. The van der Waals surface area contributed by atoms with Gasteiger partial charge in [0.05, 0.1) is 12.0 Å². The largest absolute Gasteiger partial charge is 0.460 e. The fraction of sp³-hybridized carbons (Fsp3) is 0.941. The Morgan fingerprint density at radius 1 is 1.24 bits per heavy atom. The van der Waals surface area contributed by atoms with Gasteiger partial charge in [-0.1, -0.05) is 13.8 Å². The summed E-state index contributed by atoms with van der Waals surface area (Å²) in [5.74, 6) is 0.508. The molecule has 124 valence electrons. The standard InChI is InChI=1S/C17H33NO3/c1-12(2)10-15(19)11-18-14-8-6-13(7-9-14)16(20)21-17(3,4)5/h12-15,18-19H,6-11H2,1-5H3. The van der Waals surface area contributed by atoms with Crippen LogP contribution in [0.4, 0.5) is 0 Å². The number of esters is 1. The summed E-state index contributed by atoms with van der Waals surface area (Å²) in [6.07, 6.45) is 4.30. The van der Waals surface area contributed by atoms with Crippen molar-refractivity contribution in [3.05, 3.63) is 0 Å². The summed E-state index contributed by atoms with van der Waals surface area (Å²) in [5.41, 5.74) is -0.396. The Bertz CT molecular complexity index is 314. The van der Waals surface area contributed by atoms with E-state index in [-0.39, 0.29) is 18.0 Å². The smallest absolute Gasteiger partial charge is 0.309 e. The number of aliphatic hydroxyl groups is 1. The molecule has 4 nitrogen and oxygen atoms in total. The monoisotopic (exact) mass is 299 g/mol. The minimum Gasteiger partial charge on any atom is -0.460 e. The zero-order valence-electron chi connectivity index (χ0n) is 14.3. The van der Waals surface area contributed by atoms with Crippen LogP contribution >= 0.6 is 0 Å². The van der Waals surface area contributed by atoms with Crippen LogP contribution in [-0.4, -0.2) is 35.4 Å². The number of hydrogen-bond acceptors (Lipinski definition) is 4. The van der Waals surface area contributed by atoms with Crippen molar-refractivity contribution < 1.29 is 14.6 Å². The van der Waals surface area contributed by atoms with Gasteiger partial charge in [0.15, 0.2) is 0 Å². The molecule has 0 aromatic heterocycles. The maximum absolute atomic E-state index is 12.0. The second-order valence-electron chi connectivity index (χ2n) is 7.77. The molecule has 1 unspecified atom stereocenters. The van der Waals surface area contributed by atoms with Crippen LogP contribution < -0.4 is 5.32 Å². The van der Waals surface area contributed by atoms with Gasteiger partial charge in [-0.2, -0.15) is 0 Å². The zero-order chi connectivity index (χ0) is 16.0. The van der Waals surface area contributed by atoms with Gasteiger partial charge in [0.25, 0.3) is 0 Å². The van der Waals surface area contributed by atoms with Crippen LogP contribution in [-0.2, 0) is 9.53 Å². The average molecular weight is 299 g/mol. The SMILES string of the molecule is CC(C)CC(O)CNC1CCC(C(=O)OC(C)(C)C)CC1. The van der Waals surface area contributed by atoms with Crippen molar-refractivity contribution >= 4 is 5.97 Å². The van der Waals surface area contributed by atoms with Crippen molar-refractivity contribution in [1.29, 1.82) is 0 Å². The van der Waals surface area contributed by atoms with Gasteiger partial charge in [0.1, 0.15) is 5.60 Å². The van der Waals surface area contributed by atoms with E-state index < -0.39 is 5.60 Å². The predicted molar refractivity (Wildman–Crippen MR) is 85.1 cm³/mol. The first-order chi connectivity index (χ1) is 9.67. The molecule has 1 saturated carbocycles. The van der Waals surface area contributed by atoms with Gasteiger partial charge in [-0.05, 0) is 58.8 Å². The predicted octanol–water partition coefficient (Wildman–Crippen LogP) is 2.88. The van der Waals surface area contributed by atoms with Crippen molar-refractivity contribution in [1.82, 2.24) is 5.32 Å². The lowest BCUT2D eigenvalue weighted by atomic mass is 9.86. The Morgan fingerprint density at radius 3 is 2.29 bits per heavy atom. The maximum atomic E-state index is 12.0. The molecule has 0 spiro atoms. The molecule has 0 aliphatic heterocycles. The molecule has 1 rings (SSSR count). The number of ether oxygens (including phenoxy) is 1. The molecule has 0 saturated heterocycles. The van der Waals surface area contributed by atoms with E-state index in [1.807, 2.05) is 20.8 Å². The molecule has 0 aromatic carbocycles. The van der Waals surface area contributed by atoms with Crippen LogP contribution in [0, 0.1) is 11.8 Å². The van der Waals surface area contributed by atoms with E-state index in [2.05, 4.69) is 19.2 Å². The highest BCUT2D eigenvalue weighted by atomic mass is 16.6. The van der Waals surface area contributed by atoms with Gasteiger partial charge in [0.2, 0.25) is 0 Å². The van der Waals surface area contributed by atoms with E-state index >= 15 is 0 Å². The van der Waals surface area contributed by atoms with Gasteiger partial charge >= 0.3 is 5.97 Å². The summed E-state index contributed by atoms with van der Waals surface area (Å²) in [7, 11) is 0. The third-order valence-electron chi connectivity index (χ3n) is 3.85. The molecule has 1 fully saturated rings. The van der Waals surface area contributed by atoms with E-state index in [9.17, 15) is 9.90 Å². The van der Waals surface area contributed by atoms with Crippen molar-refractivity contribution in [3.8, 4) is 0 Å². The minimum atomic E-state index is -0.396. The molecule has 0 bridgehead atoms. The molecular formula is C17H33NO3. The Balaban J connectivity index is 2.24. The second kappa shape index (κ2) is 8.14. The molecule has 0 heterocycles. The first-order valence-electron chi connectivity index (χ1n) is 8.31. The van der Waals surface area contributed by atoms with Crippen molar-refractivity contribution in [3.63, 3.8) is 0 Å². The Kier molecular flexibility index (Phi) is 7.14. The summed E-state index contributed by atoms with van der Waals surface area (Å²) in [6.45, 7) is 10.6. The average Bonchev–Trinajstić information content (AvgIpc) is 2.34. The maximum Gasteiger partial charge on any atom is 0.309 e. The highest BCUT2D eigenvalue weighted by Gasteiger charge is 2.29. The Morgan fingerprint density at radius 2 is 1.81 bits per heavy atom. The minimum absolute atomic E-state index is 0.0443. The highest BCUT2D eigenvalue weighted by Crippen LogP contribution is 2.27. The van der Waals surface area contributed by atoms with Crippen LogP contribution in [0.3, 0.4) is 0 Å².